The zero-order valence-corrected chi connectivity index (χ0v) is 18.8. The number of thioether (sulfide) groups is 2. The van der Waals surface area contributed by atoms with Crippen LogP contribution in [0.5, 0.6) is 0 Å². The Morgan fingerprint density at radius 1 is 0.800 bits per heavy atom. The van der Waals surface area contributed by atoms with Crippen LogP contribution in [0.25, 0.3) is 0 Å². The normalized spacial score (nSPS) is 17.9. The van der Waals surface area contributed by atoms with E-state index in [9.17, 15) is 9.13 Å². The molecule has 6 N–H and O–H groups in total. The van der Waals surface area contributed by atoms with Crippen molar-refractivity contribution in [3.8, 4) is 0 Å². The number of nitrogens with two attached hydrogens (primary N) is 2. The van der Waals surface area contributed by atoms with Gasteiger partial charge in [0.1, 0.15) is 0 Å². The molecule has 0 aromatic heterocycles. The largest absolute Gasteiger partial charge is 0.400 e. The molecule has 152 valence electrons. The van der Waals surface area contributed by atoms with Crippen molar-refractivity contribution in [3.05, 3.63) is 0 Å². The molecule has 0 aliphatic heterocycles. The van der Waals surface area contributed by atoms with Gasteiger partial charge in [-0.1, -0.05) is 0 Å². The molecule has 0 amide bonds. The van der Waals surface area contributed by atoms with E-state index in [4.69, 9.17) is 29.8 Å². The second-order valence-electron chi connectivity index (χ2n) is 6.91. The lowest BCUT2D eigenvalue weighted by molar-refractivity contribution is 0.0887. The highest BCUT2D eigenvalue weighted by atomic mass is 32.2. The van der Waals surface area contributed by atoms with Crippen LogP contribution in [0.1, 0.15) is 47.0 Å². The zero-order valence-electron chi connectivity index (χ0n) is 15.3. The third-order valence-electron chi connectivity index (χ3n) is 3.03. The topological polar surface area (TPSA) is 145 Å². The average Bonchev–Trinajstić information content (AvgIpc) is 2.30. The molecule has 8 nitrogen and oxygen atoms in total. The van der Waals surface area contributed by atoms with Crippen molar-refractivity contribution >= 4 is 39.0 Å². The van der Waals surface area contributed by atoms with Gasteiger partial charge in [0.2, 0.25) is 0 Å². The third kappa shape index (κ3) is 18.1. The minimum atomic E-state index is -3.95. The molecule has 0 radical (unpaired) electrons. The van der Waals surface area contributed by atoms with E-state index in [1.54, 1.807) is 51.2 Å². The predicted octanol–water partition coefficient (Wildman–Crippen LogP) is 3.33. The summed E-state index contributed by atoms with van der Waals surface area (Å²) in [6.45, 7) is 6.98. The van der Waals surface area contributed by atoms with Gasteiger partial charge in [-0.2, -0.15) is 23.5 Å². The van der Waals surface area contributed by atoms with Crippen LogP contribution in [-0.4, -0.2) is 44.0 Å². The highest BCUT2D eigenvalue weighted by Crippen LogP contribution is 2.40. The molecule has 0 aliphatic rings. The van der Waals surface area contributed by atoms with Crippen LogP contribution >= 0.6 is 39.0 Å². The van der Waals surface area contributed by atoms with Gasteiger partial charge in [0, 0.05) is 0 Å². The van der Waals surface area contributed by atoms with Gasteiger partial charge < -0.3 is 9.79 Å². The molecule has 0 aromatic rings. The highest BCUT2D eigenvalue weighted by molar-refractivity contribution is 8.00. The molecule has 12 heteroatoms. The molecule has 0 fully saturated rings. The van der Waals surface area contributed by atoms with Crippen molar-refractivity contribution in [2.24, 2.45) is 11.0 Å². The Hall–Kier alpha value is 0.920. The van der Waals surface area contributed by atoms with E-state index >= 15 is 0 Å². The Balaban J connectivity index is 3.69. The van der Waals surface area contributed by atoms with Crippen LogP contribution in [0.15, 0.2) is 0 Å². The molecule has 0 bridgehead atoms. The fraction of sp³-hybridized carbons (Fsp3) is 1.00. The van der Waals surface area contributed by atoms with E-state index in [1.807, 2.05) is 0 Å². The van der Waals surface area contributed by atoms with Gasteiger partial charge in [-0.15, -0.1) is 0 Å². The molecule has 0 rings (SSSR count). The minimum absolute atomic E-state index is 0.637. The van der Waals surface area contributed by atoms with E-state index in [2.05, 4.69) is 0 Å². The average molecular weight is 438 g/mol. The van der Waals surface area contributed by atoms with Gasteiger partial charge in [-0.3, -0.25) is 9.05 Å². The Bertz CT molecular complexity index is 439. The van der Waals surface area contributed by atoms with Crippen LogP contribution in [0.3, 0.4) is 0 Å². The van der Waals surface area contributed by atoms with Crippen LogP contribution < -0.4 is 11.0 Å². The molecule has 2 atom stereocenters. The quantitative estimate of drug-likeness (QED) is 0.235. The summed E-state index contributed by atoms with van der Waals surface area (Å²) in [4.78, 5) is 18.1. The van der Waals surface area contributed by atoms with Crippen LogP contribution in [0.2, 0.25) is 0 Å². The molecule has 0 saturated heterocycles. The molecule has 0 heterocycles. The number of hydrogen-bond acceptors (Lipinski definition) is 6. The SMILES string of the molecule is CC(C)(CCSCCCSCCC(C)(C)OP(N)(=O)O)OP(N)(=O)O. The van der Waals surface area contributed by atoms with Crippen molar-refractivity contribution in [1.82, 2.24) is 0 Å². The Kier molecular flexibility index (Phi) is 11.5. The highest BCUT2D eigenvalue weighted by Gasteiger charge is 2.27. The van der Waals surface area contributed by atoms with Gasteiger partial charge in [-0.25, -0.2) is 20.1 Å². The fourth-order valence-electron chi connectivity index (χ4n) is 1.90. The lowest BCUT2D eigenvalue weighted by Crippen LogP contribution is -2.25. The minimum Gasteiger partial charge on any atom is -0.313 e. The van der Waals surface area contributed by atoms with Crippen molar-refractivity contribution < 1.29 is 28.0 Å². The summed E-state index contributed by atoms with van der Waals surface area (Å²) in [5, 5.41) is 0. The Labute approximate surface area is 159 Å². The van der Waals surface area contributed by atoms with Gasteiger partial charge in [0.15, 0.2) is 0 Å². The summed E-state index contributed by atoms with van der Waals surface area (Å²) >= 11 is 3.52. The Morgan fingerprint density at radius 2 is 1.12 bits per heavy atom. The maximum absolute atomic E-state index is 11.1. The van der Waals surface area contributed by atoms with Crippen molar-refractivity contribution in [2.75, 3.05) is 23.0 Å². The first-order valence-corrected chi connectivity index (χ1v) is 13.5. The number of hydrogen-bond donors (Lipinski definition) is 4. The Morgan fingerprint density at radius 3 is 1.40 bits per heavy atom. The van der Waals surface area contributed by atoms with Crippen LogP contribution in [0.4, 0.5) is 0 Å². The third-order valence-corrected chi connectivity index (χ3v) is 6.68. The summed E-state index contributed by atoms with van der Waals surface area (Å²) in [6.07, 6.45) is 2.31. The van der Waals surface area contributed by atoms with Gasteiger partial charge in [0.25, 0.3) is 0 Å². The summed E-state index contributed by atoms with van der Waals surface area (Å²) in [5.74, 6) is 3.61. The molecule has 0 saturated carbocycles. The first kappa shape index (κ1) is 25.9. The molecule has 0 aromatic carbocycles. The second-order valence-corrected chi connectivity index (χ2v) is 12.0. The summed E-state index contributed by atoms with van der Waals surface area (Å²) in [5.41, 5.74) is 8.60. The van der Waals surface area contributed by atoms with Gasteiger partial charge in [-0.05, 0) is 70.0 Å². The van der Waals surface area contributed by atoms with Crippen LogP contribution in [-0.2, 0) is 18.2 Å². The molecule has 0 spiro atoms. The molecule has 0 aliphatic carbocycles. The smallest absolute Gasteiger partial charge is 0.313 e. The van der Waals surface area contributed by atoms with Gasteiger partial charge >= 0.3 is 15.5 Å². The molecule has 2 unspecified atom stereocenters. The summed E-state index contributed by atoms with van der Waals surface area (Å²) in [7, 11) is -7.90. The predicted molar refractivity (Wildman–Crippen MR) is 107 cm³/mol. The lowest BCUT2D eigenvalue weighted by Gasteiger charge is -2.25. The standard InChI is InChI=1S/C13H32N2O6P2S2/c1-12(2,20-22(14,16)17)6-10-24-8-5-9-25-11-7-13(3,4)21-23(15,18)19/h5-11H2,1-4H3,(H3,14,16,17)(H3,15,18,19). The van der Waals surface area contributed by atoms with E-state index < -0.39 is 26.7 Å². The maximum atomic E-state index is 11.1. The fourth-order valence-corrected chi connectivity index (χ4v) is 6.06. The molecule has 25 heavy (non-hydrogen) atoms. The van der Waals surface area contributed by atoms with Crippen molar-refractivity contribution in [3.63, 3.8) is 0 Å². The zero-order chi connectivity index (χ0) is 19.8. The molecular weight excluding hydrogens is 406 g/mol. The van der Waals surface area contributed by atoms with Crippen molar-refractivity contribution in [1.29, 1.82) is 0 Å². The van der Waals surface area contributed by atoms with Crippen LogP contribution in [0, 0.1) is 0 Å². The lowest BCUT2D eigenvalue weighted by atomic mass is 10.1. The maximum Gasteiger partial charge on any atom is 0.400 e. The van der Waals surface area contributed by atoms with E-state index in [-0.39, 0.29) is 0 Å². The summed E-state index contributed by atoms with van der Waals surface area (Å²) in [6, 6.07) is 0. The van der Waals surface area contributed by atoms with Crippen molar-refractivity contribution in [2.45, 2.75) is 58.2 Å². The van der Waals surface area contributed by atoms with E-state index in [0.29, 0.717) is 12.8 Å². The first-order valence-electron chi connectivity index (χ1n) is 7.92. The number of rotatable bonds is 14. The second kappa shape index (κ2) is 11.1. The van der Waals surface area contributed by atoms with E-state index in [0.717, 1.165) is 29.4 Å². The summed E-state index contributed by atoms with van der Waals surface area (Å²) < 4.78 is 32.1. The van der Waals surface area contributed by atoms with E-state index in [1.165, 1.54) is 0 Å². The van der Waals surface area contributed by atoms with Gasteiger partial charge in [0.05, 0.1) is 11.2 Å². The molecular formula is C13H32N2O6P2S2. The monoisotopic (exact) mass is 438 g/mol. The first-order chi connectivity index (χ1) is 11.1.